The third kappa shape index (κ3) is 1.96. The molecule has 62 valence electrons. The Hall–Kier alpha value is -1.07. The van der Waals surface area contributed by atoms with Crippen LogP contribution in [0.3, 0.4) is 0 Å². The highest BCUT2D eigenvalue weighted by Gasteiger charge is 1.99. The second kappa shape index (κ2) is 4.08. The fourth-order valence-corrected chi connectivity index (χ4v) is 1.66. The molecule has 0 fully saturated rings. The molecule has 2 heteroatoms. The van der Waals surface area contributed by atoms with E-state index in [4.69, 9.17) is 12.2 Å². The van der Waals surface area contributed by atoms with Gasteiger partial charge in [-0.25, -0.2) is 0 Å². The van der Waals surface area contributed by atoms with Gasteiger partial charge < -0.3 is 5.73 Å². The van der Waals surface area contributed by atoms with E-state index in [1.165, 1.54) is 4.90 Å². The molecule has 0 aliphatic carbocycles. The highest BCUT2D eigenvalue weighted by Crippen LogP contribution is 2.25. The van der Waals surface area contributed by atoms with Crippen molar-refractivity contribution in [2.75, 3.05) is 11.5 Å². The molecule has 0 spiro atoms. The number of anilines is 1. The number of hydrogen-bond acceptors (Lipinski definition) is 2. The summed E-state index contributed by atoms with van der Waals surface area (Å²) in [6.45, 7) is 2.01. The molecule has 0 radical (unpaired) electrons. The quantitative estimate of drug-likeness (QED) is 0.426. The monoisotopic (exact) mass is 177 g/mol. The minimum atomic E-state index is 0.699. The van der Waals surface area contributed by atoms with Crippen LogP contribution in [0.1, 0.15) is 5.56 Å². The molecule has 0 heterocycles. The third-order valence-electron chi connectivity index (χ3n) is 1.64. The molecular weight excluding hydrogens is 166 g/mol. The molecule has 0 amide bonds. The molecule has 1 aromatic carbocycles. The van der Waals surface area contributed by atoms with Crippen LogP contribution < -0.4 is 5.73 Å². The fourth-order valence-electron chi connectivity index (χ4n) is 0.907. The Morgan fingerprint density at radius 1 is 1.58 bits per heavy atom. The average molecular weight is 177 g/mol. The first kappa shape index (κ1) is 9.02. The van der Waals surface area contributed by atoms with Gasteiger partial charge in [0.2, 0.25) is 0 Å². The van der Waals surface area contributed by atoms with Crippen molar-refractivity contribution in [1.82, 2.24) is 0 Å². The summed E-state index contributed by atoms with van der Waals surface area (Å²) < 4.78 is 0. The number of hydrogen-bond donors (Lipinski definition) is 1. The zero-order chi connectivity index (χ0) is 8.97. The summed E-state index contributed by atoms with van der Waals surface area (Å²) in [6.07, 6.45) is 5.16. The largest absolute Gasteiger partial charge is 0.398 e. The molecule has 1 nitrogen and oxygen atoms in total. The van der Waals surface area contributed by atoms with Gasteiger partial charge in [-0.1, -0.05) is 12.0 Å². The topological polar surface area (TPSA) is 26.0 Å². The van der Waals surface area contributed by atoms with Crippen LogP contribution in [0, 0.1) is 19.3 Å². The van der Waals surface area contributed by atoms with Crippen LogP contribution in [0.2, 0.25) is 0 Å². The summed E-state index contributed by atoms with van der Waals surface area (Å²) in [5.41, 5.74) is 7.68. The summed E-state index contributed by atoms with van der Waals surface area (Å²) >= 11 is 1.65. The zero-order valence-electron chi connectivity index (χ0n) is 7.00. The van der Waals surface area contributed by atoms with Gasteiger partial charge in [-0.05, 0) is 24.6 Å². The summed E-state index contributed by atoms with van der Waals surface area (Å²) in [5, 5.41) is 0. The number of thioether (sulfide) groups is 1. The van der Waals surface area contributed by atoms with E-state index in [2.05, 4.69) is 5.92 Å². The lowest BCUT2D eigenvalue weighted by atomic mass is 10.2. The lowest BCUT2D eigenvalue weighted by Crippen LogP contribution is -1.90. The van der Waals surface area contributed by atoms with Gasteiger partial charge in [-0.15, -0.1) is 18.2 Å². The van der Waals surface area contributed by atoms with E-state index in [0.29, 0.717) is 5.75 Å². The maximum atomic E-state index is 5.73. The molecule has 1 aromatic rings. The Balaban J connectivity index is 2.86. The Morgan fingerprint density at radius 3 is 3.00 bits per heavy atom. The van der Waals surface area contributed by atoms with Crippen LogP contribution >= 0.6 is 11.8 Å². The normalized spacial score (nSPS) is 9.33. The predicted molar refractivity (Wildman–Crippen MR) is 55.1 cm³/mol. The number of benzene rings is 1. The molecule has 0 aliphatic rings. The van der Waals surface area contributed by atoms with E-state index in [9.17, 15) is 0 Å². The fraction of sp³-hybridized carbons (Fsp3) is 0.200. The van der Waals surface area contributed by atoms with Gasteiger partial charge in [-0.3, -0.25) is 0 Å². The van der Waals surface area contributed by atoms with Gasteiger partial charge >= 0.3 is 0 Å². The van der Waals surface area contributed by atoms with Crippen molar-refractivity contribution in [1.29, 1.82) is 0 Å². The highest BCUT2D eigenvalue weighted by molar-refractivity contribution is 7.99. The summed E-state index contributed by atoms with van der Waals surface area (Å²) in [7, 11) is 0. The van der Waals surface area contributed by atoms with Gasteiger partial charge in [-0.2, -0.15) is 0 Å². The van der Waals surface area contributed by atoms with Gasteiger partial charge in [0.25, 0.3) is 0 Å². The van der Waals surface area contributed by atoms with Crippen LogP contribution in [-0.2, 0) is 0 Å². The van der Waals surface area contributed by atoms with Crippen molar-refractivity contribution >= 4 is 17.4 Å². The van der Waals surface area contributed by atoms with E-state index in [0.717, 1.165) is 11.3 Å². The van der Waals surface area contributed by atoms with E-state index < -0.39 is 0 Å². The first-order chi connectivity index (χ1) is 5.75. The van der Waals surface area contributed by atoms with E-state index in [1.54, 1.807) is 11.8 Å². The summed E-state index contributed by atoms with van der Waals surface area (Å²) in [5.74, 6) is 3.28. The molecule has 0 bridgehead atoms. The Labute approximate surface area is 77.4 Å². The summed E-state index contributed by atoms with van der Waals surface area (Å²) in [6, 6.07) is 5.88. The van der Waals surface area contributed by atoms with Gasteiger partial charge in [0.15, 0.2) is 0 Å². The second-order valence-electron chi connectivity index (χ2n) is 2.46. The average Bonchev–Trinajstić information content (AvgIpc) is 2.08. The molecule has 0 atom stereocenters. The summed E-state index contributed by atoms with van der Waals surface area (Å²) in [4.78, 5) is 1.17. The molecule has 12 heavy (non-hydrogen) atoms. The van der Waals surface area contributed by atoms with E-state index in [1.807, 2.05) is 25.1 Å². The first-order valence-corrected chi connectivity index (χ1v) is 4.65. The van der Waals surface area contributed by atoms with Crippen molar-refractivity contribution in [3.63, 3.8) is 0 Å². The first-order valence-electron chi connectivity index (χ1n) is 3.67. The van der Waals surface area contributed by atoms with E-state index >= 15 is 0 Å². The standard InChI is InChI=1S/C10H11NS/c1-3-7-12-10-6-4-5-9(11)8(10)2/h1,4-6H,7,11H2,2H3. The Bertz CT molecular complexity index is 312. The van der Waals surface area contributed by atoms with Crippen molar-refractivity contribution in [3.05, 3.63) is 23.8 Å². The minimum Gasteiger partial charge on any atom is -0.398 e. The van der Waals surface area contributed by atoms with Crippen molar-refractivity contribution in [2.45, 2.75) is 11.8 Å². The van der Waals surface area contributed by atoms with Gasteiger partial charge in [0.1, 0.15) is 0 Å². The molecule has 0 aliphatic heterocycles. The Morgan fingerprint density at radius 2 is 2.33 bits per heavy atom. The zero-order valence-corrected chi connectivity index (χ0v) is 7.82. The number of rotatable bonds is 2. The molecule has 0 saturated carbocycles. The van der Waals surface area contributed by atoms with Crippen LogP contribution in [0.15, 0.2) is 23.1 Å². The number of nitrogens with two attached hydrogens (primary N) is 1. The smallest absolute Gasteiger partial charge is 0.0592 e. The molecule has 1 rings (SSSR count). The maximum Gasteiger partial charge on any atom is 0.0592 e. The number of terminal acetylenes is 1. The molecule has 0 aromatic heterocycles. The SMILES string of the molecule is C#CCSc1cccc(N)c1C. The van der Waals surface area contributed by atoms with Crippen LogP contribution in [-0.4, -0.2) is 5.75 Å². The maximum absolute atomic E-state index is 5.73. The third-order valence-corrected chi connectivity index (χ3v) is 2.70. The molecule has 0 saturated heterocycles. The Kier molecular flexibility index (Phi) is 3.07. The lowest BCUT2D eigenvalue weighted by Gasteiger charge is -2.05. The second-order valence-corrected chi connectivity index (χ2v) is 3.48. The van der Waals surface area contributed by atoms with Crippen molar-refractivity contribution in [3.8, 4) is 12.3 Å². The van der Waals surface area contributed by atoms with Crippen molar-refractivity contribution in [2.24, 2.45) is 0 Å². The minimum absolute atomic E-state index is 0.699. The number of nitrogen functional groups attached to an aromatic ring is 1. The van der Waals surface area contributed by atoms with Crippen molar-refractivity contribution < 1.29 is 0 Å². The molecule has 2 N–H and O–H groups in total. The van der Waals surface area contributed by atoms with Gasteiger partial charge in [0.05, 0.1) is 5.75 Å². The highest BCUT2D eigenvalue weighted by atomic mass is 32.2. The van der Waals surface area contributed by atoms with Crippen LogP contribution in [0.4, 0.5) is 5.69 Å². The van der Waals surface area contributed by atoms with Crippen LogP contribution in [0.25, 0.3) is 0 Å². The lowest BCUT2D eigenvalue weighted by molar-refractivity contribution is 1.31. The molecular formula is C10H11NS. The van der Waals surface area contributed by atoms with Crippen LogP contribution in [0.5, 0.6) is 0 Å². The van der Waals surface area contributed by atoms with E-state index in [-0.39, 0.29) is 0 Å². The molecule has 0 unspecified atom stereocenters. The predicted octanol–water partition coefficient (Wildman–Crippen LogP) is 2.30. The van der Waals surface area contributed by atoms with Gasteiger partial charge in [0, 0.05) is 10.6 Å².